The molecular weight excluding hydrogens is 326 g/mol. The Kier molecular flexibility index (Phi) is 3.94. The molecule has 0 unspecified atom stereocenters. The van der Waals surface area contributed by atoms with E-state index in [1.807, 2.05) is 25.4 Å². The van der Waals surface area contributed by atoms with Crippen molar-refractivity contribution < 1.29 is 13.2 Å². The Morgan fingerprint density at radius 3 is 2.88 bits per heavy atom. The van der Waals surface area contributed by atoms with E-state index < -0.39 is 10.0 Å². The molecule has 1 saturated heterocycles. The SMILES string of the molecule is Cn1cc([C@@H]2CN(S(=O)(=O)c3ccc4c(c3)CCC4)CCO2)cn1. The van der Waals surface area contributed by atoms with Crippen LogP contribution in [0.3, 0.4) is 0 Å². The van der Waals surface area contributed by atoms with Crippen molar-refractivity contribution in [3.8, 4) is 0 Å². The Labute approximate surface area is 142 Å². The minimum Gasteiger partial charge on any atom is -0.371 e. The van der Waals surface area contributed by atoms with Gasteiger partial charge in [0.25, 0.3) is 0 Å². The molecule has 1 aliphatic heterocycles. The zero-order valence-corrected chi connectivity index (χ0v) is 14.5. The Bertz CT molecular complexity index is 860. The van der Waals surface area contributed by atoms with E-state index >= 15 is 0 Å². The fraction of sp³-hybridized carbons (Fsp3) is 0.471. The van der Waals surface area contributed by atoms with Gasteiger partial charge in [0.15, 0.2) is 0 Å². The van der Waals surface area contributed by atoms with Crippen LogP contribution in [-0.2, 0) is 34.6 Å². The van der Waals surface area contributed by atoms with Gasteiger partial charge in [0.2, 0.25) is 10.0 Å². The van der Waals surface area contributed by atoms with Gasteiger partial charge in [-0.05, 0) is 42.5 Å². The molecule has 0 spiro atoms. The van der Waals surface area contributed by atoms with Gasteiger partial charge in [0.1, 0.15) is 0 Å². The summed E-state index contributed by atoms with van der Waals surface area (Å²) in [6.45, 7) is 1.10. The number of aromatic nitrogens is 2. The Hall–Kier alpha value is -1.70. The average molecular weight is 347 g/mol. The zero-order chi connectivity index (χ0) is 16.7. The van der Waals surface area contributed by atoms with Crippen LogP contribution in [0.4, 0.5) is 0 Å². The lowest BCUT2D eigenvalue weighted by Gasteiger charge is -2.31. The molecule has 0 amide bonds. The summed E-state index contributed by atoms with van der Waals surface area (Å²) in [5.41, 5.74) is 3.36. The van der Waals surface area contributed by atoms with Gasteiger partial charge in [0.05, 0.1) is 23.8 Å². The number of nitrogens with zero attached hydrogens (tertiary/aromatic N) is 3. The smallest absolute Gasteiger partial charge is 0.243 e. The molecule has 1 atom stereocenters. The quantitative estimate of drug-likeness (QED) is 0.847. The maximum atomic E-state index is 13.0. The van der Waals surface area contributed by atoms with Gasteiger partial charge in [-0.2, -0.15) is 9.40 Å². The monoisotopic (exact) mass is 347 g/mol. The summed E-state index contributed by atoms with van der Waals surface area (Å²) in [5, 5.41) is 4.15. The van der Waals surface area contributed by atoms with Crippen LogP contribution < -0.4 is 0 Å². The van der Waals surface area contributed by atoms with E-state index in [-0.39, 0.29) is 6.10 Å². The highest BCUT2D eigenvalue weighted by molar-refractivity contribution is 7.89. The lowest BCUT2D eigenvalue weighted by atomic mass is 10.1. The summed E-state index contributed by atoms with van der Waals surface area (Å²) in [6, 6.07) is 5.56. The number of ether oxygens (including phenoxy) is 1. The molecule has 2 aliphatic rings. The highest BCUT2D eigenvalue weighted by Gasteiger charge is 2.32. The molecule has 0 radical (unpaired) electrons. The van der Waals surface area contributed by atoms with Gasteiger partial charge in [-0.1, -0.05) is 6.07 Å². The molecule has 128 valence electrons. The van der Waals surface area contributed by atoms with Gasteiger partial charge in [-0.15, -0.1) is 0 Å². The predicted octanol–water partition coefficient (Wildman–Crippen LogP) is 1.67. The first-order chi connectivity index (χ1) is 11.5. The lowest BCUT2D eigenvalue weighted by Crippen LogP contribution is -2.42. The van der Waals surface area contributed by atoms with Crippen LogP contribution in [0.5, 0.6) is 0 Å². The second kappa shape index (κ2) is 5.98. The third-order valence-electron chi connectivity index (χ3n) is 4.83. The highest BCUT2D eigenvalue weighted by Crippen LogP contribution is 2.29. The standard InChI is InChI=1S/C17H21N3O3S/c1-19-11-15(10-18-19)17-12-20(7-8-23-17)24(21,22)16-6-5-13-3-2-4-14(13)9-16/h5-6,9-11,17H,2-4,7-8,12H2,1H3/t17-/m0/s1. The van der Waals surface area contributed by atoms with Crippen LogP contribution in [0.25, 0.3) is 0 Å². The number of sulfonamides is 1. The topological polar surface area (TPSA) is 64.4 Å². The van der Waals surface area contributed by atoms with Crippen LogP contribution in [0.1, 0.15) is 29.2 Å². The van der Waals surface area contributed by atoms with Gasteiger partial charge in [-0.3, -0.25) is 4.68 Å². The number of aryl methyl sites for hydroxylation is 3. The first-order valence-corrected chi connectivity index (χ1v) is 9.70. The molecule has 2 heterocycles. The van der Waals surface area contributed by atoms with Crippen molar-refractivity contribution in [3.63, 3.8) is 0 Å². The normalized spacial score (nSPS) is 21.8. The van der Waals surface area contributed by atoms with Crippen LogP contribution in [0.2, 0.25) is 0 Å². The second-order valence-corrected chi connectivity index (χ2v) is 8.39. The summed E-state index contributed by atoms with van der Waals surface area (Å²) < 4.78 is 35.0. The van der Waals surface area contributed by atoms with Gasteiger partial charge < -0.3 is 4.74 Å². The van der Waals surface area contributed by atoms with Crippen LogP contribution in [-0.4, -0.2) is 42.2 Å². The fourth-order valence-corrected chi connectivity index (χ4v) is 4.99. The molecule has 1 fully saturated rings. The third kappa shape index (κ3) is 2.76. The van der Waals surface area contributed by atoms with Crippen LogP contribution in [0, 0.1) is 0 Å². The molecule has 24 heavy (non-hydrogen) atoms. The Morgan fingerprint density at radius 1 is 1.25 bits per heavy atom. The highest BCUT2D eigenvalue weighted by atomic mass is 32.2. The predicted molar refractivity (Wildman–Crippen MR) is 89.1 cm³/mol. The van der Waals surface area contributed by atoms with E-state index in [2.05, 4.69) is 5.10 Å². The number of fused-ring (bicyclic) bond motifs is 1. The summed E-state index contributed by atoms with van der Waals surface area (Å²) in [6.07, 6.45) is 6.47. The number of rotatable bonds is 3. The van der Waals surface area contributed by atoms with Crippen molar-refractivity contribution in [1.82, 2.24) is 14.1 Å². The minimum atomic E-state index is -3.49. The Morgan fingerprint density at radius 2 is 2.08 bits per heavy atom. The molecule has 1 aromatic heterocycles. The van der Waals surface area contributed by atoms with Crippen molar-refractivity contribution in [3.05, 3.63) is 47.3 Å². The summed E-state index contributed by atoms with van der Waals surface area (Å²) in [4.78, 5) is 0.398. The van der Waals surface area contributed by atoms with Crippen molar-refractivity contribution >= 4 is 10.0 Å². The molecule has 6 nitrogen and oxygen atoms in total. The van der Waals surface area contributed by atoms with Crippen molar-refractivity contribution in [2.75, 3.05) is 19.7 Å². The molecule has 0 saturated carbocycles. The van der Waals surface area contributed by atoms with Crippen molar-refractivity contribution in [2.24, 2.45) is 7.05 Å². The van der Waals surface area contributed by atoms with E-state index in [9.17, 15) is 8.42 Å². The van der Waals surface area contributed by atoms with Crippen LogP contribution in [0.15, 0.2) is 35.5 Å². The second-order valence-electron chi connectivity index (χ2n) is 6.45. The molecule has 2 aromatic rings. The molecule has 1 aliphatic carbocycles. The molecule has 0 N–H and O–H groups in total. The summed E-state index contributed by atoms with van der Waals surface area (Å²) in [5.74, 6) is 0. The van der Waals surface area contributed by atoms with Crippen LogP contribution >= 0.6 is 0 Å². The summed E-state index contributed by atoms with van der Waals surface area (Å²) >= 11 is 0. The van der Waals surface area contributed by atoms with E-state index in [0.717, 1.165) is 24.8 Å². The average Bonchev–Trinajstić information content (AvgIpc) is 3.23. The first-order valence-electron chi connectivity index (χ1n) is 8.26. The molecule has 4 rings (SSSR count). The van der Waals surface area contributed by atoms with Gasteiger partial charge >= 0.3 is 0 Å². The molecule has 0 bridgehead atoms. The van der Waals surface area contributed by atoms with E-state index in [1.165, 1.54) is 15.4 Å². The number of morpholine rings is 1. The van der Waals surface area contributed by atoms with Gasteiger partial charge in [0, 0.05) is 31.9 Å². The molecular formula is C17H21N3O3S. The minimum absolute atomic E-state index is 0.267. The van der Waals surface area contributed by atoms with E-state index in [1.54, 1.807) is 16.9 Å². The number of hydrogen-bond acceptors (Lipinski definition) is 4. The number of hydrogen-bond donors (Lipinski definition) is 0. The third-order valence-corrected chi connectivity index (χ3v) is 6.69. The van der Waals surface area contributed by atoms with Gasteiger partial charge in [-0.25, -0.2) is 8.42 Å². The van der Waals surface area contributed by atoms with Crippen molar-refractivity contribution in [1.29, 1.82) is 0 Å². The first kappa shape index (κ1) is 15.8. The summed E-state index contributed by atoms with van der Waals surface area (Å²) in [7, 11) is -1.65. The Balaban J connectivity index is 1.59. The van der Waals surface area contributed by atoms with E-state index in [4.69, 9.17) is 4.74 Å². The maximum absolute atomic E-state index is 13.0. The number of benzene rings is 1. The van der Waals surface area contributed by atoms with E-state index in [0.29, 0.717) is 24.6 Å². The largest absolute Gasteiger partial charge is 0.371 e. The lowest BCUT2D eigenvalue weighted by molar-refractivity contribution is -0.00259. The zero-order valence-electron chi connectivity index (χ0n) is 13.7. The van der Waals surface area contributed by atoms with Crippen molar-refractivity contribution in [2.45, 2.75) is 30.3 Å². The molecule has 1 aromatic carbocycles. The molecule has 7 heteroatoms. The fourth-order valence-electron chi connectivity index (χ4n) is 3.51. The maximum Gasteiger partial charge on any atom is 0.243 e.